The number of aromatic nitrogens is 1. The van der Waals surface area contributed by atoms with E-state index in [1.54, 1.807) is 0 Å². The van der Waals surface area contributed by atoms with E-state index in [0.29, 0.717) is 23.0 Å². The lowest BCUT2D eigenvalue weighted by molar-refractivity contribution is 0.574. The van der Waals surface area contributed by atoms with E-state index in [-0.39, 0.29) is 0 Å². The van der Waals surface area contributed by atoms with Crippen molar-refractivity contribution in [1.29, 1.82) is 0 Å². The van der Waals surface area contributed by atoms with E-state index in [1.807, 2.05) is 0 Å². The van der Waals surface area contributed by atoms with E-state index in [2.05, 4.69) is 4.98 Å². The lowest BCUT2D eigenvalue weighted by Crippen LogP contribution is -1.95. The molecule has 2 nitrogen and oxygen atoms in total. The van der Waals surface area contributed by atoms with Crippen LogP contribution >= 0.6 is 11.3 Å². The van der Waals surface area contributed by atoms with E-state index >= 15 is 0 Å². The van der Waals surface area contributed by atoms with Crippen molar-refractivity contribution in [2.75, 3.05) is 5.73 Å². The zero-order valence-electron chi connectivity index (χ0n) is 9.62. The van der Waals surface area contributed by atoms with Crippen LogP contribution in [-0.2, 0) is 6.42 Å². The van der Waals surface area contributed by atoms with Gasteiger partial charge in [0.25, 0.3) is 0 Å². The van der Waals surface area contributed by atoms with Crippen molar-refractivity contribution >= 4 is 16.5 Å². The zero-order valence-corrected chi connectivity index (χ0v) is 10.4. The fourth-order valence-electron chi connectivity index (χ4n) is 2.02. The highest BCUT2D eigenvalue weighted by Gasteiger charge is 2.29. The van der Waals surface area contributed by atoms with Crippen LogP contribution in [0.4, 0.5) is 13.9 Å². The molecule has 1 saturated carbocycles. The molecule has 0 atom stereocenters. The number of thiazole rings is 1. The molecule has 1 fully saturated rings. The number of benzene rings is 1. The number of nitrogens with two attached hydrogens (primary N) is 1. The lowest BCUT2D eigenvalue weighted by atomic mass is 10.1. The molecule has 0 saturated heterocycles. The van der Waals surface area contributed by atoms with Crippen LogP contribution in [0, 0.1) is 11.6 Å². The van der Waals surface area contributed by atoms with Crippen molar-refractivity contribution in [3.8, 4) is 0 Å². The molecule has 2 N–H and O–H groups in total. The third-order valence-electron chi connectivity index (χ3n) is 3.07. The minimum Gasteiger partial charge on any atom is -0.375 e. The van der Waals surface area contributed by atoms with Gasteiger partial charge in [0.05, 0.1) is 5.69 Å². The van der Waals surface area contributed by atoms with Crippen molar-refractivity contribution in [3.63, 3.8) is 0 Å². The van der Waals surface area contributed by atoms with Crippen molar-refractivity contribution in [2.45, 2.75) is 25.2 Å². The molecule has 0 unspecified atom stereocenters. The minimum atomic E-state index is -0.553. The number of hydrogen-bond donors (Lipinski definition) is 1. The maximum atomic E-state index is 13.6. The predicted molar refractivity (Wildman–Crippen MR) is 67.7 cm³/mol. The molecule has 0 bridgehead atoms. The van der Waals surface area contributed by atoms with Crippen LogP contribution in [0.15, 0.2) is 18.2 Å². The Morgan fingerprint density at radius 2 is 2.11 bits per heavy atom. The molecule has 1 aromatic carbocycles. The van der Waals surface area contributed by atoms with Gasteiger partial charge in [0.15, 0.2) is 5.13 Å². The quantitative estimate of drug-likeness (QED) is 0.923. The SMILES string of the molecule is Nc1nc(C2CC2)c(Cc2ccc(F)cc2F)s1. The smallest absolute Gasteiger partial charge is 0.180 e. The van der Waals surface area contributed by atoms with Crippen molar-refractivity contribution < 1.29 is 8.78 Å². The molecule has 0 spiro atoms. The fourth-order valence-corrected chi connectivity index (χ4v) is 2.96. The molecule has 1 aliphatic carbocycles. The van der Waals surface area contributed by atoms with Gasteiger partial charge in [0, 0.05) is 23.3 Å². The zero-order chi connectivity index (χ0) is 12.7. The fraction of sp³-hybridized carbons (Fsp3) is 0.308. The summed E-state index contributed by atoms with van der Waals surface area (Å²) < 4.78 is 26.4. The first-order valence-electron chi connectivity index (χ1n) is 5.82. The normalized spacial score (nSPS) is 15.0. The average Bonchev–Trinajstić information content (AvgIpc) is 3.08. The number of hydrogen-bond acceptors (Lipinski definition) is 3. The molecule has 5 heteroatoms. The maximum absolute atomic E-state index is 13.6. The maximum Gasteiger partial charge on any atom is 0.180 e. The van der Waals surface area contributed by atoms with Gasteiger partial charge in [0.2, 0.25) is 0 Å². The molecule has 2 aromatic rings. The number of nitrogen functional groups attached to an aromatic ring is 1. The Bertz CT molecular complexity index is 591. The van der Waals surface area contributed by atoms with Crippen LogP contribution in [0.2, 0.25) is 0 Å². The predicted octanol–water partition coefficient (Wildman–Crippen LogP) is 3.47. The monoisotopic (exact) mass is 266 g/mol. The molecule has 1 heterocycles. The van der Waals surface area contributed by atoms with Gasteiger partial charge in [-0.2, -0.15) is 0 Å². The molecule has 94 valence electrons. The molecule has 3 rings (SSSR count). The molecule has 0 radical (unpaired) electrons. The summed E-state index contributed by atoms with van der Waals surface area (Å²) in [6.07, 6.45) is 2.69. The van der Waals surface area contributed by atoms with Gasteiger partial charge in [-0.25, -0.2) is 13.8 Å². The Kier molecular flexibility index (Phi) is 2.78. The Morgan fingerprint density at radius 3 is 2.78 bits per heavy atom. The summed E-state index contributed by atoms with van der Waals surface area (Å²) in [6, 6.07) is 3.67. The van der Waals surface area contributed by atoms with Gasteiger partial charge in [0.1, 0.15) is 11.6 Å². The topological polar surface area (TPSA) is 38.9 Å². The number of rotatable bonds is 3. The number of halogens is 2. The van der Waals surface area contributed by atoms with E-state index in [0.717, 1.165) is 29.5 Å². The standard InChI is InChI=1S/C13H12F2N2S/c14-9-4-3-8(10(15)6-9)5-11-12(7-1-2-7)17-13(16)18-11/h3-4,6-7H,1-2,5H2,(H2,16,17). The third kappa shape index (κ3) is 2.22. The molecule has 0 aliphatic heterocycles. The van der Waals surface area contributed by atoms with Crippen LogP contribution in [0.1, 0.15) is 34.9 Å². The Balaban J connectivity index is 1.91. The Morgan fingerprint density at radius 1 is 1.33 bits per heavy atom. The van der Waals surface area contributed by atoms with Gasteiger partial charge >= 0.3 is 0 Å². The largest absolute Gasteiger partial charge is 0.375 e. The average molecular weight is 266 g/mol. The summed E-state index contributed by atoms with van der Waals surface area (Å²) in [5.74, 6) is -0.580. The van der Waals surface area contributed by atoms with E-state index in [1.165, 1.54) is 23.5 Å². The van der Waals surface area contributed by atoms with Gasteiger partial charge in [-0.1, -0.05) is 6.07 Å². The summed E-state index contributed by atoms with van der Waals surface area (Å²) >= 11 is 1.40. The van der Waals surface area contributed by atoms with Crippen molar-refractivity contribution in [3.05, 3.63) is 46.0 Å². The molecule has 1 aromatic heterocycles. The highest BCUT2D eigenvalue weighted by atomic mass is 32.1. The Labute approximate surface area is 107 Å². The second-order valence-corrected chi connectivity index (χ2v) is 5.66. The second kappa shape index (κ2) is 4.31. The first kappa shape index (κ1) is 11.6. The summed E-state index contributed by atoms with van der Waals surface area (Å²) in [5.41, 5.74) is 7.20. The molecular weight excluding hydrogens is 254 g/mol. The first-order valence-corrected chi connectivity index (χ1v) is 6.64. The lowest BCUT2D eigenvalue weighted by Gasteiger charge is -2.03. The summed E-state index contributed by atoms with van der Waals surface area (Å²) in [5, 5.41) is 0.523. The minimum absolute atomic E-state index is 0.437. The third-order valence-corrected chi connectivity index (χ3v) is 3.97. The molecule has 1 aliphatic rings. The summed E-state index contributed by atoms with van der Waals surface area (Å²) in [7, 11) is 0. The van der Waals surface area contributed by atoms with Crippen LogP contribution in [0.5, 0.6) is 0 Å². The van der Waals surface area contributed by atoms with Gasteiger partial charge < -0.3 is 5.73 Å². The van der Waals surface area contributed by atoms with Crippen molar-refractivity contribution in [2.24, 2.45) is 0 Å². The molecule has 18 heavy (non-hydrogen) atoms. The van der Waals surface area contributed by atoms with Gasteiger partial charge in [-0.3, -0.25) is 0 Å². The highest BCUT2D eigenvalue weighted by molar-refractivity contribution is 7.15. The second-order valence-electron chi connectivity index (χ2n) is 4.55. The molecular formula is C13H12F2N2S. The van der Waals surface area contributed by atoms with Crippen LogP contribution in [0.3, 0.4) is 0 Å². The molecule has 0 amide bonds. The Hall–Kier alpha value is -1.49. The summed E-state index contributed by atoms with van der Waals surface area (Å²) in [4.78, 5) is 5.32. The van der Waals surface area contributed by atoms with Gasteiger partial charge in [-0.15, -0.1) is 11.3 Å². The van der Waals surface area contributed by atoms with E-state index in [9.17, 15) is 8.78 Å². The van der Waals surface area contributed by atoms with Crippen LogP contribution in [0.25, 0.3) is 0 Å². The number of nitrogens with zero attached hydrogens (tertiary/aromatic N) is 1. The van der Waals surface area contributed by atoms with E-state index < -0.39 is 11.6 Å². The van der Waals surface area contributed by atoms with Crippen LogP contribution in [-0.4, -0.2) is 4.98 Å². The van der Waals surface area contributed by atoms with Crippen LogP contribution < -0.4 is 5.73 Å². The summed E-state index contributed by atoms with van der Waals surface area (Å²) in [6.45, 7) is 0. The first-order chi connectivity index (χ1) is 8.63. The van der Waals surface area contributed by atoms with Crippen molar-refractivity contribution in [1.82, 2.24) is 4.98 Å². The van der Waals surface area contributed by atoms with E-state index in [4.69, 9.17) is 5.73 Å². The number of anilines is 1. The highest BCUT2D eigenvalue weighted by Crippen LogP contribution is 2.43. The van der Waals surface area contributed by atoms with Gasteiger partial charge in [-0.05, 0) is 24.5 Å².